The van der Waals surface area contributed by atoms with Crippen LogP contribution < -0.4 is 0 Å². The van der Waals surface area contributed by atoms with Gasteiger partial charge < -0.3 is 4.90 Å². The van der Waals surface area contributed by atoms with Crippen LogP contribution >= 0.6 is 0 Å². The van der Waals surface area contributed by atoms with E-state index in [1.807, 2.05) is 41.3 Å². The topological polar surface area (TPSA) is 64.2 Å². The van der Waals surface area contributed by atoms with Gasteiger partial charge in [-0.1, -0.05) is 60.7 Å². The first-order valence-corrected chi connectivity index (χ1v) is 14.3. The molecular formula is C29H34N4O3S. The zero-order chi connectivity index (χ0) is 25.7. The second kappa shape index (κ2) is 11.6. The highest BCUT2D eigenvalue weighted by Crippen LogP contribution is 2.19. The van der Waals surface area contributed by atoms with Crippen molar-refractivity contribution in [3.8, 4) is 0 Å². The van der Waals surface area contributed by atoms with Crippen LogP contribution in [0.25, 0.3) is 0 Å². The van der Waals surface area contributed by atoms with E-state index < -0.39 is 10.0 Å². The van der Waals surface area contributed by atoms with E-state index in [0.717, 1.165) is 50.4 Å². The van der Waals surface area contributed by atoms with E-state index >= 15 is 0 Å². The molecule has 5 rings (SSSR count). The van der Waals surface area contributed by atoms with Crippen LogP contribution in [0, 0.1) is 0 Å². The Morgan fingerprint density at radius 3 is 1.65 bits per heavy atom. The number of benzene rings is 3. The Balaban J connectivity index is 1.09. The molecule has 0 saturated carbocycles. The molecule has 0 N–H and O–H groups in total. The van der Waals surface area contributed by atoms with Crippen molar-refractivity contribution in [2.24, 2.45) is 0 Å². The zero-order valence-corrected chi connectivity index (χ0v) is 21.9. The van der Waals surface area contributed by atoms with Gasteiger partial charge in [0.25, 0.3) is 5.91 Å². The van der Waals surface area contributed by atoms with Gasteiger partial charge in [-0.15, -0.1) is 0 Å². The fourth-order valence-electron chi connectivity index (χ4n) is 5.01. The molecule has 0 radical (unpaired) electrons. The number of piperazine rings is 2. The molecule has 0 unspecified atom stereocenters. The van der Waals surface area contributed by atoms with Gasteiger partial charge in [-0.3, -0.25) is 14.6 Å². The first kappa shape index (κ1) is 25.6. The fourth-order valence-corrected chi connectivity index (χ4v) is 6.46. The van der Waals surface area contributed by atoms with Crippen LogP contribution in [-0.4, -0.2) is 85.7 Å². The van der Waals surface area contributed by atoms with E-state index in [1.165, 1.54) is 5.56 Å². The smallest absolute Gasteiger partial charge is 0.253 e. The third-order valence-electron chi connectivity index (χ3n) is 7.23. The van der Waals surface area contributed by atoms with Gasteiger partial charge in [-0.25, -0.2) is 8.42 Å². The molecule has 1 amide bonds. The molecule has 8 heteroatoms. The minimum atomic E-state index is -3.44. The number of nitrogens with zero attached hydrogens (tertiary/aromatic N) is 4. The van der Waals surface area contributed by atoms with Gasteiger partial charge in [-0.2, -0.15) is 4.31 Å². The fraction of sp³-hybridized carbons (Fsp3) is 0.345. The van der Waals surface area contributed by atoms with Crippen LogP contribution in [0.3, 0.4) is 0 Å². The highest BCUT2D eigenvalue weighted by molar-refractivity contribution is 7.89. The lowest BCUT2D eigenvalue weighted by Crippen LogP contribution is -2.48. The molecule has 2 heterocycles. The maximum absolute atomic E-state index is 13.0. The molecule has 37 heavy (non-hydrogen) atoms. The lowest BCUT2D eigenvalue weighted by Gasteiger charge is -2.35. The third-order valence-corrected chi connectivity index (χ3v) is 9.14. The van der Waals surface area contributed by atoms with E-state index in [4.69, 9.17) is 0 Å². The minimum Gasteiger partial charge on any atom is -0.336 e. The first-order valence-electron chi connectivity index (χ1n) is 12.9. The van der Waals surface area contributed by atoms with Gasteiger partial charge in [0.2, 0.25) is 10.0 Å². The second-order valence-electron chi connectivity index (χ2n) is 9.74. The Bertz CT molecular complexity index is 1270. The molecule has 194 valence electrons. The molecule has 0 aliphatic carbocycles. The van der Waals surface area contributed by atoms with Crippen LogP contribution in [-0.2, 0) is 23.1 Å². The van der Waals surface area contributed by atoms with Crippen molar-refractivity contribution in [1.29, 1.82) is 0 Å². The normalized spacial score (nSPS) is 18.1. The largest absolute Gasteiger partial charge is 0.336 e. The van der Waals surface area contributed by atoms with Crippen molar-refractivity contribution in [2.45, 2.75) is 18.0 Å². The van der Waals surface area contributed by atoms with Crippen molar-refractivity contribution in [2.75, 3.05) is 52.4 Å². The number of rotatable bonds is 7. The van der Waals surface area contributed by atoms with Crippen LogP contribution in [0.5, 0.6) is 0 Å². The Morgan fingerprint density at radius 2 is 1.08 bits per heavy atom. The van der Waals surface area contributed by atoms with Gasteiger partial charge in [0.05, 0.1) is 4.90 Å². The molecule has 0 atom stereocenters. The number of hydrogen-bond donors (Lipinski definition) is 0. The second-order valence-corrected chi connectivity index (χ2v) is 11.7. The van der Waals surface area contributed by atoms with Crippen LogP contribution in [0.2, 0.25) is 0 Å². The molecule has 0 spiro atoms. The van der Waals surface area contributed by atoms with Gasteiger partial charge in [0.15, 0.2) is 0 Å². The minimum absolute atomic E-state index is 0.0886. The molecule has 3 aromatic rings. The molecule has 0 aromatic heterocycles. The maximum Gasteiger partial charge on any atom is 0.253 e. The molecule has 2 saturated heterocycles. The van der Waals surface area contributed by atoms with Crippen molar-refractivity contribution >= 4 is 15.9 Å². The SMILES string of the molecule is O=C(c1ccc(CN2CCN(S(=O)(=O)c3ccccc3)CC2)cc1)N1CCN(Cc2ccccc2)CC1. The van der Waals surface area contributed by atoms with Crippen molar-refractivity contribution in [1.82, 2.24) is 19.0 Å². The summed E-state index contributed by atoms with van der Waals surface area (Å²) in [6.45, 7) is 7.21. The summed E-state index contributed by atoms with van der Waals surface area (Å²) in [5, 5.41) is 0. The van der Waals surface area contributed by atoms with Gasteiger partial charge in [0, 0.05) is 71.0 Å². The molecule has 2 aliphatic rings. The number of hydrogen-bond acceptors (Lipinski definition) is 5. The average Bonchev–Trinajstić information content (AvgIpc) is 2.95. The number of amides is 1. The standard InChI is InChI=1S/C29H34N4O3S/c34-29(32-19-15-30(16-20-32)23-25-7-3-1-4-8-25)27-13-11-26(12-14-27)24-31-17-21-33(22-18-31)37(35,36)28-9-5-2-6-10-28/h1-14H,15-24H2. The predicted octanol–water partition coefficient (Wildman–Crippen LogP) is 3.15. The van der Waals surface area contributed by atoms with Crippen LogP contribution in [0.15, 0.2) is 89.8 Å². The Labute approximate surface area is 220 Å². The highest BCUT2D eigenvalue weighted by atomic mass is 32.2. The predicted molar refractivity (Wildman–Crippen MR) is 145 cm³/mol. The first-order chi connectivity index (χ1) is 18.0. The number of carbonyl (C=O) groups excluding carboxylic acids is 1. The summed E-state index contributed by atoms with van der Waals surface area (Å²) >= 11 is 0. The molecular weight excluding hydrogens is 484 g/mol. The molecule has 7 nitrogen and oxygen atoms in total. The molecule has 2 fully saturated rings. The van der Waals surface area contributed by atoms with E-state index in [1.54, 1.807) is 28.6 Å². The molecule has 2 aliphatic heterocycles. The summed E-state index contributed by atoms with van der Waals surface area (Å²) in [7, 11) is -3.44. The van der Waals surface area contributed by atoms with Gasteiger partial charge in [-0.05, 0) is 35.4 Å². The summed E-state index contributed by atoms with van der Waals surface area (Å²) in [5.41, 5.74) is 3.15. The zero-order valence-electron chi connectivity index (χ0n) is 21.1. The molecule has 0 bridgehead atoms. The third kappa shape index (κ3) is 6.27. The Hall–Kier alpha value is -3.04. The van der Waals surface area contributed by atoms with E-state index in [0.29, 0.717) is 31.1 Å². The Morgan fingerprint density at radius 1 is 0.595 bits per heavy atom. The van der Waals surface area contributed by atoms with Crippen molar-refractivity contribution < 1.29 is 13.2 Å². The van der Waals surface area contributed by atoms with E-state index in [-0.39, 0.29) is 5.91 Å². The number of carbonyl (C=O) groups is 1. The summed E-state index contributed by atoms with van der Waals surface area (Å²) in [5.74, 6) is 0.0886. The van der Waals surface area contributed by atoms with Crippen molar-refractivity contribution in [3.05, 3.63) is 102 Å². The highest BCUT2D eigenvalue weighted by Gasteiger charge is 2.28. The monoisotopic (exact) mass is 518 g/mol. The van der Waals surface area contributed by atoms with E-state index in [2.05, 4.69) is 34.1 Å². The summed E-state index contributed by atoms with van der Waals surface area (Å²) in [6.07, 6.45) is 0. The Kier molecular flexibility index (Phi) is 8.00. The summed E-state index contributed by atoms with van der Waals surface area (Å²) in [4.78, 5) is 20.0. The number of sulfonamides is 1. The van der Waals surface area contributed by atoms with Crippen molar-refractivity contribution in [3.63, 3.8) is 0 Å². The summed E-state index contributed by atoms with van der Waals surface area (Å²) in [6, 6.07) is 27.0. The maximum atomic E-state index is 13.0. The van der Waals surface area contributed by atoms with Crippen LogP contribution in [0.4, 0.5) is 0 Å². The summed E-state index contributed by atoms with van der Waals surface area (Å²) < 4.78 is 27.3. The van der Waals surface area contributed by atoms with E-state index in [9.17, 15) is 13.2 Å². The lowest BCUT2D eigenvalue weighted by molar-refractivity contribution is 0.0628. The molecule has 3 aromatic carbocycles. The lowest BCUT2D eigenvalue weighted by atomic mass is 10.1. The van der Waals surface area contributed by atoms with Gasteiger partial charge in [0.1, 0.15) is 0 Å². The van der Waals surface area contributed by atoms with Gasteiger partial charge >= 0.3 is 0 Å². The van der Waals surface area contributed by atoms with Crippen LogP contribution in [0.1, 0.15) is 21.5 Å². The quantitative estimate of drug-likeness (QED) is 0.481. The average molecular weight is 519 g/mol.